The van der Waals surface area contributed by atoms with Gasteiger partial charge in [-0.1, -0.05) is 11.8 Å². The first-order chi connectivity index (χ1) is 13.2. The second kappa shape index (κ2) is 8.18. The highest BCUT2D eigenvalue weighted by molar-refractivity contribution is 8.17. The van der Waals surface area contributed by atoms with Gasteiger partial charge in [0.1, 0.15) is 12.3 Å². The number of hydrogen-bond donors (Lipinski definition) is 2. The van der Waals surface area contributed by atoms with E-state index in [0.717, 1.165) is 11.8 Å². The molecule has 0 spiro atoms. The minimum absolute atomic E-state index is 0.0219. The number of nitrogens with zero attached hydrogens (tertiary/aromatic N) is 2. The van der Waals surface area contributed by atoms with E-state index in [2.05, 4.69) is 25.3 Å². The minimum atomic E-state index is -0.751. The van der Waals surface area contributed by atoms with Gasteiger partial charge in [0.2, 0.25) is 5.91 Å². The number of thiol groups is 2. The van der Waals surface area contributed by atoms with Gasteiger partial charge in [-0.2, -0.15) is 25.3 Å². The summed E-state index contributed by atoms with van der Waals surface area (Å²) in [6.45, 7) is 1.22. The zero-order valence-corrected chi connectivity index (χ0v) is 17.2. The maximum Gasteiger partial charge on any atom is 0.356 e. The van der Waals surface area contributed by atoms with Crippen LogP contribution in [-0.2, 0) is 25.7 Å². The first-order valence-corrected chi connectivity index (χ1v) is 10.1. The summed E-state index contributed by atoms with van der Waals surface area (Å²) < 4.78 is 5.32. The second-order valence-electron chi connectivity index (χ2n) is 6.28. The van der Waals surface area contributed by atoms with Crippen molar-refractivity contribution in [1.82, 2.24) is 4.90 Å². The van der Waals surface area contributed by atoms with Gasteiger partial charge in [-0.25, -0.2) is 4.79 Å². The highest BCUT2D eigenvalue weighted by Crippen LogP contribution is 2.45. The molecule has 2 aliphatic rings. The largest absolute Gasteiger partial charge is 0.456 e. The molecular weight excluding hydrogens is 424 g/mol. The molecular formula is C17H16N2O6S3. The average Bonchev–Trinajstić information content (AvgIpc) is 2.64. The summed E-state index contributed by atoms with van der Waals surface area (Å²) in [6, 6.07) is 5.30. The van der Waals surface area contributed by atoms with Gasteiger partial charge in [0.15, 0.2) is 5.12 Å². The summed E-state index contributed by atoms with van der Waals surface area (Å²) in [5.41, 5.74) is 0.503. The van der Waals surface area contributed by atoms with Crippen molar-refractivity contribution in [3.63, 3.8) is 0 Å². The molecule has 11 heteroatoms. The number of nitro groups is 1. The van der Waals surface area contributed by atoms with E-state index in [1.807, 2.05) is 0 Å². The van der Waals surface area contributed by atoms with E-state index in [9.17, 15) is 24.5 Å². The van der Waals surface area contributed by atoms with E-state index in [-0.39, 0.29) is 46.7 Å². The predicted molar refractivity (Wildman–Crippen MR) is 109 cm³/mol. The van der Waals surface area contributed by atoms with Crippen molar-refractivity contribution in [3.05, 3.63) is 50.5 Å². The summed E-state index contributed by atoms with van der Waals surface area (Å²) in [7, 11) is 0. The van der Waals surface area contributed by atoms with Crippen molar-refractivity contribution in [3.8, 4) is 0 Å². The molecule has 2 heterocycles. The molecule has 1 amide bonds. The van der Waals surface area contributed by atoms with Gasteiger partial charge in [-0.3, -0.25) is 19.7 Å². The molecule has 1 saturated heterocycles. The summed E-state index contributed by atoms with van der Waals surface area (Å²) >= 11 is 9.82. The maximum atomic E-state index is 12.8. The van der Waals surface area contributed by atoms with E-state index >= 15 is 0 Å². The van der Waals surface area contributed by atoms with E-state index < -0.39 is 16.1 Å². The fraction of sp³-hybridized carbons (Fsp3) is 0.353. The smallest absolute Gasteiger partial charge is 0.356 e. The van der Waals surface area contributed by atoms with Crippen LogP contribution in [0.5, 0.6) is 0 Å². The van der Waals surface area contributed by atoms with Gasteiger partial charge in [-0.05, 0) is 17.7 Å². The van der Waals surface area contributed by atoms with Crippen LogP contribution in [0.25, 0.3) is 0 Å². The average molecular weight is 441 g/mol. The van der Waals surface area contributed by atoms with Crippen molar-refractivity contribution < 1.29 is 24.0 Å². The number of non-ortho nitro benzene ring substituents is 1. The summed E-state index contributed by atoms with van der Waals surface area (Å²) in [4.78, 5) is 48.4. The number of fused-ring (bicyclic) bond motifs is 1. The molecule has 0 aromatic heterocycles. The first-order valence-electron chi connectivity index (χ1n) is 8.22. The number of amides is 1. The second-order valence-corrected chi connectivity index (χ2v) is 8.65. The molecule has 3 unspecified atom stereocenters. The lowest BCUT2D eigenvalue weighted by Crippen LogP contribution is -2.62. The molecule has 0 saturated carbocycles. The van der Waals surface area contributed by atoms with Crippen LogP contribution in [0.2, 0.25) is 0 Å². The summed E-state index contributed by atoms with van der Waals surface area (Å²) in [5.74, 6) is -0.993. The number of ether oxygens (including phenoxy) is 1. The lowest BCUT2D eigenvalue weighted by molar-refractivity contribution is -0.384. The Labute approximate surface area is 175 Å². The number of esters is 1. The standard InChI is InChI=1S/C17H16N2O6S3/c1-8(20)28-16-13(18-11(6-12(18)21)14(26)15(16)27)17(22)25-7-9-2-4-10(5-3-9)19(23)24/h2-5,11,14-15,26-27H,6-7H2,1H3. The van der Waals surface area contributed by atoms with Crippen molar-refractivity contribution in [2.45, 2.75) is 36.5 Å². The minimum Gasteiger partial charge on any atom is -0.456 e. The zero-order chi connectivity index (χ0) is 20.6. The molecule has 0 aliphatic carbocycles. The first kappa shape index (κ1) is 20.7. The molecule has 0 radical (unpaired) electrons. The van der Waals surface area contributed by atoms with Gasteiger partial charge in [-0.15, -0.1) is 0 Å². The number of nitro benzene ring substituents is 1. The highest BCUT2D eigenvalue weighted by atomic mass is 32.2. The number of carbonyl (C=O) groups is 3. The van der Waals surface area contributed by atoms with E-state index in [4.69, 9.17) is 4.74 Å². The Morgan fingerprint density at radius 1 is 1.32 bits per heavy atom. The monoisotopic (exact) mass is 440 g/mol. The predicted octanol–water partition coefficient (Wildman–Crippen LogP) is 2.34. The molecule has 0 N–H and O–H groups in total. The van der Waals surface area contributed by atoms with Crippen LogP contribution >= 0.6 is 37.0 Å². The Hall–Kier alpha value is -1.98. The number of thioether (sulfide) groups is 1. The van der Waals surface area contributed by atoms with Crippen LogP contribution in [0.4, 0.5) is 5.69 Å². The Morgan fingerprint density at radius 2 is 1.96 bits per heavy atom. The Kier molecular flexibility index (Phi) is 6.06. The van der Waals surface area contributed by atoms with Gasteiger partial charge in [0.05, 0.1) is 11.0 Å². The zero-order valence-electron chi connectivity index (χ0n) is 14.6. The fourth-order valence-corrected chi connectivity index (χ4v) is 4.85. The third-order valence-electron chi connectivity index (χ3n) is 4.41. The molecule has 0 bridgehead atoms. The van der Waals surface area contributed by atoms with Gasteiger partial charge < -0.3 is 9.64 Å². The van der Waals surface area contributed by atoms with Crippen LogP contribution in [0, 0.1) is 10.1 Å². The van der Waals surface area contributed by atoms with E-state index in [0.29, 0.717) is 10.5 Å². The molecule has 2 aliphatic heterocycles. The fourth-order valence-electron chi connectivity index (χ4n) is 3.02. The lowest BCUT2D eigenvalue weighted by Gasteiger charge is -2.49. The van der Waals surface area contributed by atoms with Gasteiger partial charge in [0.25, 0.3) is 5.69 Å². The SMILES string of the molecule is CC(=O)SC1=C(C(=O)OCc2ccc([N+](=O)[O-])cc2)N2C(=O)CC2C(S)C1S. The molecule has 1 fully saturated rings. The molecule has 1 aromatic carbocycles. The lowest BCUT2D eigenvalue weighted by atomic mass is 9.90. The maximum absolute atomic E-state index is 12.8. The molecule has 3 rings (SSSR count). The van der Waals surface area contributed by atoms with Crippen molar-refractivity contribution >= 4 is 59.7 Å². The van der Waals surface area contributed by atoms with Gasteiger partial charge in [0, 0.05) is 40.9 Å². The van der Waals surface area contributed by atoms with Crippen LogP contribution in [0.1, 0.15) is 18.9 Å². The molecule has 1 aromatic rings. The number of benzene rings is 1. The third kappa shape index (κ3) is 3.91. The number of β-lactam (4-membered cyclic amide) rings is 1. The van der Waals surface area contributed by atoms with Gasteiger partial charge >= 0.3 is 5.97 Å². The Morgan fingerprint density at radius 3 is 2.50 bits per heavy atom. The number of hydrogen-bond acceptors (Lipinski definition) is 9. The topological polar surface area (TPSA) is 107 Å². The van der Waals surface area contributed by atoms with Crippen LogP contribution in [0.3, 0.4) is 0 Å². The van der Waals surface area contributed by atoms with Crippen LogP contribution in [0.15, 0.2) is 34.9 Å². The quantitative estimate of drug-likeness (QED) is 0.238. The summed E-state index contributed by atoms with van der Waals surface area (Å²) in [5, 5.41) is 9.65. The van der Waals surface area contributed by atoms with Crippen LogP contribution in [-0.4, -0.2) is 43.4 Å². The summed E-state index contributed by atoms with van der Waals surface area (Å²) in [6.07, 6.45) is 0.252. The molecule has 8 nitrogen and oxygen atoms in total. The number of carbonyl (C=O) groups excluding carboxylic acids is 3. The molecule has 3 atom stereocenters. The Balaban J connectivity index is 1.83. The normalized spacial score (nSPS) is 23.8. The third-order valence-corrected chi connectivity index (χ3v) is 7.00. The molecule has 28 heavy (non-hydrogen) atoms. The van der Waals surface area contributed by atoms with Crippen molar-refractivity contribution in [1.29, 1.82) is 0 Å². The number of rotatable bonds is 5. The van der Waals surface area contributed by atoms with Crippen molar-refractivity contribution in [2.24, 2.45) is 0 Å². The van der Waals surface area contributed by atoms with E-state index in [1.165, 1.54) is 36.1 Å². The highest BCUT2D eigenvalue weighted by Gasteiger charge is 2.52. The Bertz CT molecular complexity index is 885. The molecule has 148 valence electrons. The van der Waals surface area contributed by atoms with E-state index in [1.54, 1.807) is 0 Å². The van der Waals surface area contributed by atoms with Crippen molar-refractivity contribution in [2.75, 3.05) is 0 Å². The van der Waals surface area contributed by atoms with Crippen LogP contribution < -0.4 is 0 Å².